The Morgan fingerprint density at radius 3 is 2.39 bits per heavy atom. The lowest BCUT2D eigenvalue weighted by molar-refractivity contribution is -0.122. The zero-order chi connectivity index (χ0) is 20.1. The molecule has 0 aromatic heterocycles. The molecule has 1 saturated carbocycles. The molecule has 3 rings (SSSR count). The van der Waals surface area contributed by atoms with Crippen LogP contribution in [0.4, 0.5) is 0 Å². The number of hydrogen-bond donors (Lipinski definition) is 3. The molecule has 0 saturated heterocycles. The van der Waals surface area contributed by atoms with Crippen LogP contribution in [0.5, 0.6) is 0 Å². The van der Waals surface area contributed by atoms with Gasteiger partial charge in [-0.05, 0) is 55.0 Å². The first-order chi connectivity index (χ1) is 13.4. The highest BCUT2D eigenvalue weighted by Crippen LogP contribution is 2.23. The Labute approximate surface area is 166 Å². The van der Waals surface area contributed by atoms with E-state index in [1.54, 1.807) is 6.92 Å². The number of benzene rings is 2. The SMILES string of the molecule is CC(N)(Cc1cccc(-c2ccc(C(=O)NC3CCCC3)cc2)c1)C(=O)CN. The lowest BCUT2D eigenvalue weighted by Gasteiger charge is -2.22. The maximum atomic E-state index is 12.4. The summed E-state index contributed by atoms with van der Waals surface area (Å²) in [4.78, 5) is 24.3. The monoisotopic (exact) mass is 379 g/mol. The predicted molar refractivity (Wildman–Crippen MR) is 112 cm³/mol. The highest BCUT2D eigenvalue weighted by molar-refractivity contribution is 5.95. The number of carbonyl (C=O) groups is 2. The van der Waals surface area contributed by atoms with Crippen molar-refractivity contribution in [2.75, 3.05) is 6.54 Å². The molecule has 1 unspecified atom stereocenters. The van der Waals surface area contributed by atoms with Crippen LogP contribution in [0.3, 0.4) is 0 Å². The summed E-state index contributed by atoms with van der Waals surface area (Å²) < 4.78 is 0. The molecule has 1 atom stereocenters. The molecular formula is C23H29N3O2. The van der Waals surface area contributed by atoms with E-state index < -0.39 is 5.54 Å². The van der Waals surface area contributed by atoms with E-state index in [9.17, 15) is 9.59 Å². The lowest BCUT2D eigenvalue weighted by atomic mass is 9.88. The molecule has 0 aliphatic heterocycles. The molecular weight excluding hydrogens is 350 g/mol. The highest BCUT2D eigenvalue weighted by atomic mass is 16.1. The smallest absolute Gasteiger partial charge is 0.251 e. The molecule has 0 radical (unpaired) electrons. The molecule has 0 spiro atoms. The van der Waals surface area contributed by atoms with Crippen molar-refractivity contribution in [1.29, 1.82) is 0 Å². The van der Waals surface area contributed by atoms with Crippen molar-refractivity contribution in [3.8, 4) is 11.1 Å². The van der Waals surface area contributed by atoms with Crippen LogP contribution in [0, 0.1) is 0 Å². The van der Waals surface area contributed by atoms with E-state index in [0.717, 1.165) is 29.5 Å². The number of ketones is 1. The normalized spacial score (nSPS) is 16.5. The Morgan fingerprint density at radius 2 is 1.75 bits per heavy atom. The first kappa shape index (κ1) is 20.2. The molecule has 28 heavy (non-hydrogen) atoms. The molecule has 5 N–H and O–H groups in total. The van der Waals surface area contributed by atoms with Gasteiger partial charge in [0.15, 0.2) is 5.78 Å². The predicted octanol–water partition coefficient (Wildman–Crippen LogP) is 2.81. The van der Waals surface area contributed by atoms with Gasteiger partial charge < -0.3 is 16.8 Å². The van der Waals surface area contributed by atoms with Gasteiger partial charge in [-0.1, -0.05) is 49.2 Å². The largest absolute Gasteiger partial charge is 0.349 e. The summed E-state index contributed by atoms with van der Waals surface area (Å²) in [6.45, 7) is 1.66. The first-order valence-corrected chi connectivity index (χ1v) is 9.91. The molecule has 0 heterocycles. The maximum Gasteiger partial charge on any atom is 0.251 e. The number of hydrogen-bond acceptors (Lipinski definition) is 4. The second-order valence-corrected chi connectivity index (χ2v) is 7.95. The van der Waals surface area contributed by atoms with Crippen molar-refractivity contribution < 1.29 is 9.59 Å². The average molecular weight is 380 g/mol. The molecule has 1 fully saturated rings. The summed E-state index contributed by atoms with van der Waals surface area (Å²) in [6.07, 6.45) is 4.96. The fourth-order valence-electron chi connectivity index (χ4n) is 3.77. The van der Waals surface area contributed by atoms with E-state index in [0.29, 0.717) is 18.0 Å². The minimum absolute atomic E-state index is 0.00797. The van der Waals surface area contributed by atoms with Gasteiger partial charge in [-0.3, -0.25) is 9.59 Å². The third-order valence-corrected chi connectivity index (χ3v) is 5.49. The second kappa shape index (κ2) is 8.67. The van der Waals surface area contributed by atoms with Crippen molar-refractivity contribution >= 4 is 11.7 Å². The Hall–Kier alpha value is -2.50. The number of rotatable bonds is 7. The molecule has 1 aliphatic rings. The molecule has 1 amide bonds. The molecule has 148 valence electrons. The zero-order valence-electron chi connectivity index (χ0n) is 16.4. The van der Waals surface area contributed by atoms with Gasteiger partial charge in [0.1, 0.15) is 0 Å². The number of amides is 1. The Balaban J connectivity index is 1.71. The molecule has 5 heteroatoms. The van der Waals surface area contributed by atoms with E-state index >= 15 is 0 Å². The van der Waals surface area contributed by atoms with Crippen molar-refractivity contribution in [3.05, 3.63) is 59.7 Å². The van der Waals surface area contributed by atoms with Crippen LogP contribution in [0.2, 0.25) is 0 Å². The van der Waals surface area contributed by atoms with Crippen LogP contribution in [0.1, 0.15) is 48.5 Å². The van der Waals surface area contributed by atoms with Crippen molar-refractivity contribution in [3.63, 3.8) is 0 Å². The van der Waals surface area contributed by atoms with E-state index in [4.69, 9.17) is 11.5 Å². The van der Waals surface area contributed by atoms with E-state index in [2.05, 4.69) is 5.32 Å². The third kappa shape index (κ3) is 4.86. The van der Waals surface area contributed by atoms with Crippen molar-refractivity contribution in [2.24, 2.45) is 11.5 Å². The van der Waals surface area contributed by atoms with Gasteiger partial charge in [-0.15, -0.1) is 0 Å². The van der Waals surface area contributed by atoms with E-state index in [1.807, 2.05) is 48.5 Å². The Kier molecular flexibility index (Phi) is 6.27. The minimum Gasteiger partial charge on any atom is -0.349 e. The number of Topliss-reactive ketones (excluding diaryl/α,β-unsaturated/α-hetero) is 1. The fraction of sp³-hybridized carbons (Fsp3) is 0.391. The molecule has 2 aromatic carbocycles. The van der Waals surface area contributed by atoms with Crippen LogP contribution in [-0.2, 0) is 11.2 Å². The van der Waals surface area contributed by atoms with Crippen molar-refractivity contribution in [1.82, 2.24) is 5.32 Å². The van der Waals surface area contributed by atoms with Gasteiger partial charge in [0.05, 0.1) is 12.1 Å². The van der Waals surface area contributed by atoms with Crippen LogP contribution >= 0.6 is 0 Å². The van der Waals surface area contributed by atoms with E-state index in [-0.39, 0.29) is 18.2 Å². The summed E-state index contributed by atoms with van der Waals surface area (Å²) in [5.74, 6) is -0.165. The Bertz CT molecular complexity index is 837. The number of carbonyl (C=O) groups excluding carboxylic acids is 2. The molecule has 0 bridgehead atoms. The van der Waals surface area contributed by atoms with Gasteiger partial charge in [0.2, 0.25) is 0 Å². The summed E-state index contributed by atoms with van der Waals surface area (Å²) in [5.41, 5.74) is 14.3. The maximum absolute atomic E-state index is 12.4. The van der Waals surface area contributed by atoms with Gasteiger partial charge in [-0.25, -0.2) is 0 Å². The van der Waals surface area contributed by atoms with Gasteiger partial charge in [0.25, 0.3) is 5.91 Å². The lowest BCUT2D eigenvalue weighted by Crippen LogP contribution is -2.49. The molecule has 2 aromatic rings. The average Bonchev–Trinajstić information content (AvgIpc) is 3.20. The quantitative estimate of drug-likeness (QED) is 0.689. The van der Waals surface area contributed by atoms with Gasteiger partial charge >= 0.3 is 0 Å². The van der Waals surface area contributed by atoms with Crippen LogP contribution in [-0.4, -0.2) is 29.8 Å². The van der Waals surface area contributed by atoms with Crippen LogP contribution in [0.15, 0.2) is 48.5 Å². The number of nitrogens with one attached hydrogen (secondary N) is 1. The highest BCUT2D eigenvalue weighted by Gasteiger charge is 2.27. The van der Waals surface area contributed by atoms with Gasteiger partial charge in [-0.2, -0.15) is 0 Å². The first-order valence-electron chi connectivity index (χ1n) is 9.91. The summed E-state index contributed by atoms with van der Waals surface area (Å²) in [5, 5.41) is 3.11. The summed E-state index contributed by atoms with van der Waals surface area (Å²) in [6, 6.07) is 15.9. The fourth-order valence-corrected chi connectivity index (χ4v) is 3.77. The molecule has 1 aliphatic carbocycles. The van der Waals surface area contributed by atoms with Crippen LogP contribution in [0.25, 0.3) is 11.1 Å². The van der Waals surface area contributed by atoms with E-state index in [1.165, 1.54) is 12.8 Å². The zero-order valence-corrected chi connectivity index (χ0v) is 16.4. The minimum atomic E-state index is -0.977. The Morgan fingerprint density at radius 1 is 1.07 bits per heavy atom. The van der Waals surface area contributed by atoms with Gasteiger partial charge in [0, 0.05) is 11.6 Å². The summed E-state index contributed by atoms with van der Waals surface area (Å²) in [7, 11) is 0. The topological polar surface area (TPSA) is 98.2 Å². The van der Waals surface area contributed by atoms with Crippen molar-refractivity contribution in [2.45, 2.75) is 50.6 Å². The van der Waals surface area contributed by atoms with Crippen LogP contribution < -0.4 is 16.8 Å². The standard InChI is InChI=1S/C23H29N3O2/c1-23(25,21(27)15-24)14-16-5-4-6-19(13-16)17-9-11-18(12-10-17)22(28)26-20-7-2-3-8-20/h4-6,9-13,20H,2-3,7-8,14-15,24-25H2,1H3,(H,26,28). The third-order valence-electron chi connectivity index (χ3n) is 5.49. The second-order valence-electron chi connectivity index (χ2n) is 7.95. The number of nitrogens with two attached hydrogens (primary N) is 2. The molecule has 5 nitrogen and oxygen atoms in total. The summed E-state index contributed by atoms with van der Waals surface area (Å²) >= 11 is 0.